The molecule has 1 aromatic heterocycles. The summed E-state index contributed by atoms with van der Waals surface area (Å²) in [5.74, 6) is 0.796. The number of aromatic nitrogens is 1. The first kappa shape index (κ1) is 19.8. The fraction of sp³-hybridized carbons (Fsp3) is 0.471. The minimum Gasteiger partial charge on any atom is -0.275 e. The molecule has 0 saturated heterocycles. The third kappa shape index (κ3) is 8.23. The van der Waals surface area contributed by atoms with Gasteiger partial charge < -0.3 is 0 Å². The third-order valence-electron chi connectivity index (χ3n) is 3.04. The lowest BCUT2D eigenvalue weighted by atomic mass is 10.2. The molecule has 126 valence electrons. The molecular formula is C17H24N2O2S2. The molecule has 1 aliphatic heterocycles. The van der Waals surface area contributed by atoms with Gasteiger partial charge in [0, 0.05) is 30.6 Å². The number of hydrogen-bond donors (Lipinski definition) is 0. The van der Waals surface area contributed by atoms with Crippen LogP contribution in [0.5, 0.6) is 0 Å². The summed E-state index contributed by atoms with van der Waals surface area (Å²) in [7, 11) is 3.54. The van der Waals surface area contributed by atoms with Crippen molar-refractivity contribution in [2.24, 2.45) is 0 Å². The van der Waals surface area contributed by atoms with Gasteiger partial charge in [-0.25, -0.2) is 4.98 Å². The quantitative estimate of drug-likeness (QED) is 0.396. The molecule has 6 heteroatoms. The fourth-order valence-corrected chi connectivity index (χ4v) is 3.35. The zero-order valence-electron chi connectivity index (χ0n) is 13.7. The molecular weight excluding hydrogens is 328 g/mol. The molecule has 1 aliphatic rings. The first-order valence-corrected chi connectivity index (χ1v) is 10.2. The summed E-state index contributed by atoms with van der Waals surface area (Å²) in [6, 6.07) is 5.96. The highest BCUT2D eigenvalue weighted by Crippen LogP contribution is 2.27. The molecule has 0 atom stereocenters. The Bertz CT molecular complexity index is 489. The van der Waals surface area contributed by atoms with Gasteiger partial charge in [0.15, 0.2) is 0 Å². The lowest BCUT2D eigenvalue weighted by Crippen LogP contribution is -2.30. The second-order valence-corrected chi connectivity index (χ2v) is 7.49. The van der Waals surface area contributed by atoms with E-state index in [4.69, 9.17) is 0 Å². The first-order chi connectivity index (χ1) is 11.2. The molecule has 0 aliphatic carbocycles. The van der Waals surface area contributed by atoms with Crippen LogP contribution in [-0.4, -0.2) is 34.0 Å². The van der Waals surface area contributed by atoms with E-state index in [1.807, 2.05) is 35.2 Å². The largest absolute Gasteiger partial charge is 0.275 e. The van der Waals surface area contributed by atoms with Crippen molar-refractivity contribution in [2.45, 2.75) is 44.6 Å². The summed E-state index contributed by atoms with van der Waals surface area (Å²) >= 11 is 0. The van der Waals surface area contributed by atoms with Crippen LogP contribution in [0.15, 0.2) is 41.6 Å². The van der Waals surface area contributed by atoms with Crippen LogP contribution in [0.1, 0.15) is 39.5 Å². The van der Waals surface area contributed by atoms with Crippen molar-refractivity contribution in [3.63, 3.8) is 0 Å². The summed E-state index contributed by atoms with van der Waals surface area (Å²) < 4.78 is 0. The number of rotatable bonds is 8. The van der Waals surface area contributed by atoms with Crippen molar-refractivity contribution in [3.8, 4) is 0 Å². The summed E-state index contributed by atoms with van der Waals surface area (Å²) in [4.78, 5) is 27.6. The molecule has 2 rings (SSSR count). The summed E-state index contributed by atoms with van der Waals surface area (Å²) in [5.41, 5.74) is 0. The van der Waals surface area contributed by atoms with Gasteiger partial charge in [-0.15, -0.1) is 0 Å². The van der Waals surface area contributed by atoms with Crippen molar-refractivity contribution in [1.29, 1.82) is 0 Å². The molecule has 0 radical (unpaired) electrons. The molecule has 1 aromatic rings. The Hall–Kier alpha value is -1.27. The third-order valence-corrected chi connectivity index (χ3v) is 5.37. The van der Waals surface area contributed by atoms with Crippen molar-refractivity contribution >= 4 is 33.4 Å². The molecule has 0 spiro atoms. The Labute approximate surface area is 146 Å². The van der Waals surface area contributed by atoms with Gasteiger partial charge in [0.25, 0.3) is 11.8 Å². The summed E-state index contributed by atoms with van der Waals surface area (Å²) in [5, 5.41) is 1.09. The summed E-state index contributed by atoms with van der Waals surface area (Å²) in [6.45, 7) is 4.85. The maximum atomic E-state index is 11.1. The van der Waals surface area contributed by atoms with E-state index in [1.54, 1.807) is 10.8 Å². The van der Waals surface area contributed by atoms with Gasteiger partial charge in [-0.2, -0.15) is 0 Å². The number of carbonyl (C=O) groups excluding carboxylic acids is 2. The average Bonchev–Trinajstić information content (AvgIpc) is 2.90. The van der Waals surface area contributed by atoms with Crippen LogP contribution >= 0.6 is 21.6 Å². The SMILES string of the molecule is CCCCCCN1C(=O)C=CC1=O.CCSSc1ccccn1. The van der Waals surface area contributed by atoms with Crippen LogP contribution in [-0.2, 0) is 9.59 Å². The van der Waals surface area contributed by atoms with E-state index < -0.39 is 0 Å². The van der Waals surface area contributed by atoms with Crippen LogP contribution in [0.3, 0.4) is 0 Å². The van der Waals surface area contributed by atoms with E-state index in [2.05, 4.69) is 18.8 Å². The zero-order chi connectivity index (χ0) is 16.9. The number of nitrogens with zero attached hydrogens (tertiary/aromatic N) is 2. The highest BCUT2D eigenvalue weighted by atomic mass is 33.1. The Morgan fingerprint density at radius 3 is 2.35 bits per heavy atom. The average molecular weight is 353 g/mol. The first-order valence-electron chi connectivity index (χ1n) is 7.93. The number of unbranched alkanes of at least 4 members (excludes halogenated alkanes) is 3. The normalized spacial score (nSPS) is 13.2. The number of hydrogen-bond acceptors (Lipinski definition) is 5. The standard InChI is InChI=1S/C10H15NO2.C7H9NS2/c1-2-3-4-5-8-11-9(12)6-7-10(11)13;1-2-9-10-7-5-3-4-6-8-7/h6-7H,2-5,8H2,1H3;3-6H,2H2,1H3. The van der Waals surface area contributed by atoms with E-state index >= 15 is 0 Å². The van der Waals surface area contributed by atoms with E-state index in [9.17, 15) is 9.59 Å². The second kappa shape index (κ2) is 12.2. The van der Waals surface area contributed by atoms with E-state index in [-0.39, 0.29) is 11.8 Å². The van der Waals surface area contributed by atoms with Gasteiger partial charge in [0.1, 0.15) is 5.03 Å². The minimum absolute atomic E-state index is 0.165. The molecule has 23 heavy (non-hydrogen) atoms. The Morgan fingerprint density at radius 2 is 1.78 bits per heavy atom. The maximum absolute atomic E-state index is 11.1. The van der Waals surface area contributed by atoms with Crippen LogP contribution in [0.25, 0.3) is 0 Å². The number of pyridine rings is 1. The topological polar surface area (TPSA) is 50.3 Å². The predicted molar refractivity (Wildman–Crippen MR) is 98.2 cm³/mol. The molecule has 0 bridgehead atoms. The van der Waals surface area contributed by atoms with Gasteiger partial charge in [-0.1, -0.05) is 50.0 Å². The van der Waals surface area contributed by atoms with Gasteiger partial charge >= 0.3 is 0 Å². The Balaban J connectivity index is 0.000000238. The highest BCUT2D eigenvalue weighted by molar-refractivity contribution is 8.76. The van der Waals surface area contributed by atoms with Crippen molar-refractivity contribution in [3.05, 3.63) is 36.5 Å². The minimum atomic E-state index is -0.165. The number of carbonyl (C=O) groups is 2. The number of amides is 2. The Kier molecular flexibility index (Phi) is 10.5. The van der Waals surface area contributed by atoms with Gasteiger partial charge in [0.2, 0.25) is 0 Å². The van der Waals surface area contributed by atoms with Crippen molar-refractivity contribution in [1.82, 2.24) is 9.88 Å². The van der Waals surface area contributed by atoms with Gasteiger partial charge in [-0.05, 0) is 29.3 Å². The van der Waals surface area contributed by atoms with Crippen LogP contribution in [0.2, 0.25) is 0 Å². The lowest BCUT2D eigenvalue weighted by molar-refractivity contribution is -0.136. The molecule has 0 saturated carbocycles. The smallest absolute Gasteiger partial charge is 0.253 e. The fourth-order valence-electron chi connectivity index (χ4n) is 1.86. The second-order valence-electron chi connectivity index (χ2n) is 4.88. The van der Waals surface area contributed by atoms with Crippen LogP contribution in [0, 0.1) is 0 Å². The van der Waals surface area contributed by atoms with Crippen LogP contribution < -0.4 is 0 Å². The number of imide groups is 1. The van der Waals surface area contributed by atoms with E-state index in [0.717, 1.165) is 23.6 Å². The maximum Gasteiger partial charge on any atom is 0.253 e. The molecule has 0 fully saturated rings. The van der Waals surface area contributed by atoms with Gasteiger partial charge in [0.05, 0.1) is 0 Å². The van der Waals surface area contributed by atoms with Crippen LogP contribution in [0.4, 0.5) is 0 Å². The molecule has 2 heterocycles. The van der Waals surface area contributed by atoms with E-state index in [1.165, 1.54) is 29.9 Å². The molecule has 0 unspecified atom stereocenters. The molecule has 4 nitrogen and oxygen atoms in total. The van der Waals surface area contributed by atoms with Crippen molar-refractivity contribution in [2.75, 3.05) is 12.3 Å². The van der Waals surface area contributed by atoms with Crippen molar-refractivity contribution < 1.29 is 9.59 Å². The predicted octanol–water partition coefficient (Wildman–Crippen LogP) is 4.33. The summed E-state index contributed by atoms with van der Waals surface area (Å²) in [6.07, 6.45) is 8.84. The Morgan fingerprint density at radius 1 is 1.04 bits per heavy atom. The molecule has 2 amide bonds. The van der Waals surface area contributed by atoms with E-state index in [0.29, 0.717) is 6.54 Å². The monoisotopic (exact) mass is 352 g/mol. The molecule has 0 aromatic carbocycles. The van der Waals surface area contributed by atoms with Gasteiger partial charge in [-0.3, -0.25) is 14.5 Å². The molecule has 0 N–H and O–H groups in total. The lowest BCUT2D eigenvalue weighted by Gasteiger charge is -2.12. The highest BCUT2D eigenvalue weighted by Gasteiger charge is 2.21. The zero-order valence-corrected chi connectivity index (χ0v) is 15.4.